The number of Topliss-reactive ketones (excluding diaryl/α,β-unsaturated/α-hetero) is 1. The van der Waals surface area contributed by atoms with Crippen LogP contribution in [0.5, 0.6) is 0 Å². The molecule has 2 N–H and O–H groups in total. The molecule has 1 aliphatic heterocycles. The molecule has 1 aromatic carbocycles. The summed E-state index contributed by atoms with van der Waals surface area (Å²) in [4.78, 5) is 41.7. The van der Waals surface area contributed by atoms with Crippen molar-refractivity contribution in [1.29, 1.82) is 0 Å². The van der Waals surface area contributed by atoms with E-state index in [2.05, 4.69) is 29.2 Å². The van der Waals surface area contributed by atoms with E-state index >= 15 is 0 Å². The van der Waals surface area contributed by atoms with Crippen LogP contribution in [0.4, 0.5) is 11.4 Å². The molecule has 2 aliphatic carbocycles. The number of anilines is 2. The Morgan fingerprint density at radius 2 is 1.77 bits per heavy atom. The van der Waals surface area contributed by atoms with E-state index in [1.54, 1.807) is 13.0 Å². The SMILES string of the molecule is CCN(CC)c1ccc(C2=C(O)C(=C3C(=O)N(C(C)(C)C)N=C3C)C2=O)c(NC(=O)CCCC2CCCC2)c1. The van der Waals surface area contributed by atoms with Gasteiger partial charge in [0, 0.05) is 30.8 Å². The van der Waals surface area contributed by atoms with Crippen molar-refractivity contribution in [1.82, 2.24) is 5.01 Å². The molecule has 0 unspecified atom stereocenters. The van der Waals surface area contributed by atoms with Crippen LogP contribution in [-0.4, -0.2) is 52.1 Å². The molecule has 0 atom stereocenters. The lowest BCUT2D eigenvalue weighted by molar-refractivity contribution is -0.130. The molecule has 8 heteroatoms. The number of aliphatic hydroxyl groups excluding tert-OH is 1. The largest absolute Gasteiger partial charge is 0.506 e. The molecule has 0 radical (unpaired) electrons. The van der Waals surface area contributed by atoms with Gasteiger partial charge in [0.05, 0.1) is 33.7 Å². The van der Waals surface area contributed by atoms with E-state index < -0.39 is 17.2 Å². The third-order valence-electron chi connectivity index (χ3n) is 8.00. The Morgan fingerprint density at radius 1 is 1.10 bits per heavy atom. The lowest BCUT2D eigenvalue weighted by Crippen LogP contribution is -2.40. The van der Waals surface area contributed by atoms with Crippen molar-refractivity contribution in [2.75, 3.05) is 23.3 Å². The number of nitrogens with one attached hydrogen (secondary N) is 1. The van der Waals surface area contributed by atoms with Gasteiger partial charge in [-0.2, -0.15) is 5.10 Å². The highest BCUT2D eigenvalue weighted by Gasteiger charge is 2.45. The summed E-state index contributed by atoms with van der Waals surface area (Å²) in [5.74, 6) is -0.442. The molecule has 2 amide bonds. The van der Waals surface area contributed by atoms with Crippen LogP contribution in [0.25, 0.3) is 5.57 Å². The highest BCUT2D eigenvalue weighted by atomic mass is 16.3. The fourth-order valence-corrected chi connectivity index (χ4v) is 5.84. The fraction of sp³-hybridized carbons (Fsp3) is 0.548. The average Bonchev–Trinajstić information content (AvgIpc) is 3.50. The number of carbonyl (C=O) groups is 3. The molecule has 1 aromatic rings. The second-order valence-electron chi connectivity index (χ2n) is 11.8. The van der Waals surface area contributed by atoms with Crippen molar-refractivity contribution >= 4 is 40.3 Å². The van der Waals surface area contributed by atoms with Gasteiger partial charge in [-0.05, 0) is 78.5 Å². The van der Waals surface area contributed by atoms with Gasteiger partial charge in [0.15, 0.2) is 0 Å². The second kappa shape index (κ2) is 11.4. The summed E-state index contributed by atoms with van der Waals surface area (Å²) in [6.07, 6.45) is 7.38. The van der Waals surface area contributed by atoms with Crippen LogP contribution in [-0.2, 0) is 14.4 Å². The minimum Gasteiger partial charge on any atom is -0.506 e. The number of rotatable bonds is 9. The van der Waals surface area contributed by atoms with E-state index in [-0.39, 0.29) is 28.4 Å². The van der Waals surface area contributed by atoms with Gasteiger partial charge in [0.25, 0.3) is 5.91 Å². The Balaban J connectivity index is 1.65. The fourth-order valence-electron chi connectivity index (χ4n) is 5.84. The molecule has 39 heavy (non-hydrogen) atoms. The summed E-state index contributed by atoms with van der Waals surface area (Å²) < 4.78 is 0. The van der Waals surface area contributed by atoms with Crippen molar-refractivity contribution in [2.45, 2.75) is 92.0 Å². The number of benzene rings is 1. The molecule has 0 bridgehead atoms. The number of hydrazone groups is 1. The molecule has 1 fully saturated rings. The normalized spacial score (nSPS) is 20.1. The molecule has 1 heterocycles. The van der Waals surface area contributed by atoms with Crippen LogP contribution in [0.1, 0.15) is 92.1 Å². The predicted molar refractivity (Wildman–Crippen MR) is 156 cm³/mol. The maximum absolute atomic E-state index is 13.5. The Hall–Kier alpha value is -3.42. The van der Waals surface area contributed by atoms with Crippen LogP contribution in [0.15, 0.2) is 40.2 Å². The van der Waals surface area contributed by atoms with Crippen molar-refractivity contribution in [2.24, 2.45) is 11.0 Å². The number of amides is 2. The monoisotopic (exact) mass is 534 g/mol. The summed E-state index contributed by atoms with van der Waals surface area (Å²) in [5, 5.41) is 19.8. The molecule has 0 aromatic heterocycles. The van der Waals surface area contributed by atoms with E-state index in [9.17, 15) is 19.5 Å². The van der Waals surface area contributed by atoms with Gasteiger partial charge < -0.3 is 15.3 Å². The molecular formula is C31H42N4O4. The zero-order valence-corrected chi connectivity index (χ0v) is 24.2. The number of aliphatic hydroxyl groups is 1. The molecule has 4 rings (SSSR count). The number of hydrogen-bond acceptors (Lipinski definition) is 6. The van der Waals surface area contributed by atoms with Gasteiger partial charge in [-0.25, -0.2) is 5.01 Å². The predicted octanol–water partition coefficient (Wildman–Crippen LogP) is 6.00. The maximum Gasteiger partial charge on any atom is 0.277 e. The van der Waals surface area contributed by atoms with Crippen LogP contribution >= 0.6 is 0 Å². The van der Waals surface area contributed by atoms with Crippen LogP contribution in [0.2, 0.25) is 0 Å². The number of allylic oxidation sites excluding steroid dienone is 2. The Kier molecular flexibility index (Phi) is 8.33. The first kappa shape index (κ1) is 28.6. The summed E-state index contributed by atoms with van der Waals surface area (Å²) in [6.45, 7) is 12.9. The summed E-state index contributed by atoms with van der Waals surface area (Å²) >= 11 is 0. The number of carbonyl (C=O) groups excluding carboxylic acids is 3. The van der Waals surface area contributed by atoms with E-state index in [1.165, 1.54) is 30.7 Å². The van der Waals surface area contributed by atoms with E-state index in [1.807, 2.05) is 32.9 Å². The summed E-state index contributed by atoms with van der Waals surface area (Å²) in [7, 11) is 0. The number of nitrogens with zero attached hydrogens (tertiary/aromatic N) is 3. The number of ketones is 1. The van der Waals surface area contributed by atoms with Crippen LogP contribution in [0, 0.1) is 5.92 Å². The Morgan fingerprint density at radius 3 is 2.33 bits per heavy atom. The molecule has 210 valence electrons. The smallest absolute Gasteiger partial charge is 0.277 e. The average molecular weight is 535 g/mol. The van der Waals surface area contributed by atoms with Crippen molar-refractivity contribution < 1.29 is 19.5 Å². The zero-order chi connectivity index (χ0) is 28.5. The summed E-state index contributed by atoms with van der Waals surface area (Å²) in [5.41, 5.74) is 1.93. The van der Waals surface area contributed by atoms with Crippen molar-refractivity contribution in [3.63, 3.8) is 0 Å². The van der Waals surface area contributed by atoms with Gasteiger partial charge in [0.2, 0.25) is 11.7 Å². The first-order valence-electron chi connectivity index (χ1n) is 14.3. The highest BCUT2D eigenvalue weighted by molar-refractivity contribution is 6.44. The van der Waals surface area contributed by atoms with Crippen molar-refractivity contribution in [3.05, 3.63) is 40.7 Å². The third kappa shape index (κ3) is 5.65. The molecule has 0 spiro atoms. The topological polar surface area (TPSA) is 102 Å². The summed E-state index contributed by atoms with van der Waals surface area (Å²) in [6, 6.07) is 5.53. The maximum atomic E-state index is 13.5. The van der Waals surface area contributed by atoms with Crippen LogP contribution in [0.3, 0.4) is 0 Å². The first-order chi connectivity index (χ1) is 18.5. The van der Waals surface area contributed by atoms with Gasteiger partial charge in [-0.3, -0.25) is 14.4 Å². The van der Waals surface area contributed by atoms with E-state index in [0.717, 1.165) is 37.5 Å². The van der Waals surface area contributed by atoms with E-state index in [4.69, 9.17) is 0 Å². The minimum absolute atomic E-state index is 0.00957. The van der Waals surface area contributed by atoms with Gasteiger partial charge >= 0.3 is 0 Å². The Bertz CT molecular complexity index is 1260. The Labute approximate surface area is 231 Å². The molecule has 8 nitrogen and oxygen atoms in total. The minimum atomic E-state index is -0.564. The van der Waals surface area contributed by atoms with Crippen molar-refractivity contribution in [3.8, 4) is 0 Å². The standard InChI is InChI=1S/C31H42N4O4/c1-7-34(8-2)21-16-17-22(23(18-21)32-24(36)15-11-14-20-12-9-10-13-20)26-28(37)27(29(26)38)25-19(3)33-35(30(25)39)31(4,5)6/h16-18,20,37H,7-15H2,1-6H3,(H,32,36). The third-order valence-corrected chi connectivity index (χ3v) is 8.00. The lowest BCUT2D eigenvalue weighted by Gasteiger charge is -2.29. The molecule has 0 saturated heterocycles. The van der Waals surface area contributed by atoms with E-state index in [0.29, 0.717) is 23.4 Å². The lowest BCUT2D eigenvalue weighted by atomic mass is 9.79. The molecule has 3 aliphatic rings. The van der Waals surface area contributed by atoms with Gasteiger partial charge in [-0.15, -0.1) is 0 Å². The highest BCUT2D eigenvalue weighted by Crippen LogP contribution is 2.43. The molecule has 1 saturated carbocycles. The molecular weight excluding hydrogens is 492 g/mol. The van der Waals surface area contributed by atoms with Gasteiger partial charge in [-0.1, -0.05) is 25.7 Å². The quantitative estimate of drug-likeness (QED) is 0.379. The van der Waals surface area contributed by atoms with Gasteiger partial charge in [0.1, 0.15) is 5.76 Å². The number of hydrogen-bond donors (Lipinski definition) is 2. The first-order valence-corrected chi connectivity index (χ1v) is 14.3. The van der Waals surface area contributed by atoms with Crippen LogP contribution < -0.4 is 10.2 Å². The second-order valence-corrected chi connectivity index (χ2v) is 11.8. The zero-order valence-electron chi connectivity index (χ0n) is 24.2.